The van der Waals surface area contributed by atoms with Crippen LogP contribution in [0, 0.1) is 0 Å². The van der Waals surface area contributed by atoms with Crippen LogP contribution in [-0.2, 0) is 0 Å². The lowest BCUT2D eigenvalue weighted by Crippen LogP contribution is -1.93. The average Bonchev–Trinajstić information content (AvgIpc) is 2.43. The molecule has 2 rings (SSSR count). The summed E-state index contributed by atoms with van der Waals surface area (Å²) in [6.07, 6.45) is 10.2. The molecule has 1 saturated carbocycles. The molecule has 1 aromatic heterocycles. The van der Waals surface area contributed by atoms with Gasteiger partial charge in [-0.1, -0.05) is 25.7 Å². The molecule has 0 amide bonds. The summed E-state index contributed by atoms with van der Waals surface area (Å²) >= 11 is 1.67. The van der Waals surface area contributed by atoms with Crippen LogP contribution in [0.25, 0.3) is 0 Å². The standard InChI is InChI=1S/C10H16N2S/c11-10-12-7-9(13-10)8-5-3-1-2-4-6-8/h7-8H,1-6H2,(H2,11,12). The molecule has 0 spiro atoms. The highest BCUT2D eigenvalue weighted by Gasteiger charge is 2.16. The number of nitrogens with zero attached hydrogens (tertiary/aromatic N) is 1. The monoisotopic (exact) mass is 196 g/mol. The van der Waals surface area contributed by atoms with Crippen molar-refractivity contribution in [1.82, 2.24) is 4.98 Å². The van der Waals surface area contributed by atoms with Crippen molar-refractivity contribution in [2.24, 2.45) is 0 Å². The Hall–Kier alpha value is -0.570. The van der Waals surface area contributed by atoms with Gasteiger partial charge in [-0.05, 0) is 18.8 Å². The maximum atomic E-state index is 5.63. The third kappa shape index (κ3) is 2.21. The van der Waals surface area contributed by atoms with Gasteiger partial charge in [0.05, 0.1) is 0 Å². The van der Waals surface area contributed by atoms with E-state index in [1.165, 1.54) is 43.4 Å². The van der Waals surface area contributed by atoms with E-state index >= 15 is 0 Å². The minimum atomic E-state index is 0.722. The van der Waals surface area contributed by atoms with E-state index in [9.17, 15) is 0 Å². The van der Waals surface area contributed by atoms with E-state index in [0.717, 1.165) is 11.0 Å². The lowest BCUT2D eigenvalue weighted by Gasteiger charge is -2.09. The van der Waals surface area contributed by atoms with Crippen LogP contribution in [0.3, 0.4) is 0 Å². The van der Waals surface area contributed by atoms with Crippen molar-refractivity contribution in [3.63, 3.8) is 0 Å². The van der Waals surface area contributed by atoms with Gasteiger partial charge in [-0.2, -0.15) is 0 Å². The maximum absolute atomic E-state index is 5.63. The zero-order chi connectivity index (χ0) is 9.10. The van der Waals surface area contributed by atoms with Crippen LogP contribution >= 0.6 is 11.3 Å². The molecule has 1 aliphatic rings. The molecular formula is C10H16N2S. The smallest absolute Gasteiger partial charge is 0.180 e. The predicted octanol–water partition coefficient (Wildman–Crippen LogP) is 3.16. The number of nitrogens with two attached hydrogens (primary N) is 1. The minimum absolute atomic E-state index is 0.722. The molecule has 0 aromatic carbocycles. The number of nitrogen functional groups attached to an aromatic ring is 1. The topological polar surface area (TPSA) is 38.9 Å². The Morgan fingerprint density at radius 2 is 1.92 bits per heavy atom. The van der Waals surface area contributed by atoms with Gasteiger partial charge in [-0.25, -0.2) is 4.98 Å². The number of hydrogen-bond acceptors (Lipinski definition) is 3. The van der Waals surface area contributed by atoms with E-state index in [0.29, 0.717) is 0 Å². The van der Waals surface area contributed by atoms with Gasteiger partial charge in [0, 0.05) is 11.1 Å². The Morgan fingerprint density at radius 1 is 1.23 bits per heavy atom. The third-order valence-electron chi connectivity index (χ3n) is 2.80. The van der Waals surface area contributed by atoms with Crippen molar-refractivity contribution >= 4 is 16.5 Å². The molecule has 2 N–H and O–H groups in total. The molecule has 2 nitrogen and oxygen atoms in total. The molecule has 1 heterocycles. The van der Waals surface area contributed by atoms with Crippen molar-refractivity contribution in [2.45, 2.75) is 44.4 Å². The summed E-state index contributed by atoms with van der Waals surface area (Å²) in [5.74, 6) is 0.747. The first-order valence-electron chi connectivity index (χ1n) is 5.07. The average molecular weight is 196 g/mol. The lowest BCUT2D eigenvalue weighted by molar-refractivity contribution is 0.601. The van der Waals surface area contributed by atoms with Crippen LogP contribution < -0.4 is 5.73 Å². The Labute approximate surface area is 83.2 Å². The van der Waals surface area contributed by atoms with Gasteiger partial charge in [0.15, 0.2) is 5.13 Å². The van der Waals surface area contributed by atoms with Crippen molar-refractivity contribution in [3.8, 4) is 0 Å². The van der Waals surface area contributed by atoms with Crippen molar-refractivity contribution in [2.75, 3.05) is 5.73 Å². The van der Waals surface area contributed by atoms with E-state index in [1.54, 1.807) is 11.3 Å². The number of aromatic nitrogens is 1. The second-order valence-electron chi connectivity index (χ2n) is 3.79. The first-order chi connectivity index (χ1) is 6.36. The summed E-state index contributed by atoms with van der Waals surface area (Å²) in [5, 5.41) is 0.722. The van der Waals surface area contributed by atoms with Gasteiger partial charge in [-0.15, -0.1) is 11.3 Å². The van der Waals surface area contributed by atoms with Crippen LogP contribution in [0.5, 0.6) is 0 Å². The molecule has 0 aliphatic heterocycles. The molecule has 72 valence electrons. The number of hydrogen-bond donors (Lipinski definition) is 1. The van der Waals surface area contributed by atoms with Gasteiger partial charge >= 0.3 is 0 Å². The number of anilines is 1. The SMILES string of the molecule is Nc1ncc(C2CCCCCC2)s1. The summed E-state index contributed by atoms with van der Waals surface area (Å²) < 4.78 is 0. The van der Waals surface area contributed by atoms with Gasteiger partial charge in [0.1, 0.15) is 0 Å². The summed E-state index contributed by atoms with van der Waals surface area (Å²) in [4.78, 5) is 5.52. The van der Waals surface area contributed by atoms with Crippen LogP contribution in [-0.4, -0.2) is 4.98 Å². The summed E-state index contributed by atoms with van der Waals surface area (Å²) in [6, 6.07) is 0. The molecule has 0 radical (unpaired) electrons. The number of rotatable bonds is 1. The zero-order valence-corrected chi connectivity index (χ0v) is 8.65. The molecule has 1 fully saturated rings. The Bertz CT molecular complexity index is 262. The maximum Gasteiger partial charge on any atom is 0.180 e. The third-order valence-corrected chi connectivity index (χ3v) is 3.79. The van der Waals surface area contributed by atoms with Crippen LogP contribution in [0.15, 0.2) is 6.20 Å². The second-order valence-corrected chi connectivity index (χ2v) is 4.88. The van der Waals surface area contributed by atoms with Crippen molar-refractivity contribution in [3.05, 3.63) is 11.1 Å². The van der Waals surface area contributed by atoms with Gasteiger partial charge in [-0.3, -0.25) is 0 Å². The minimum Gasteiger partial charge on any atom is -0.375 e. The second kappa shape index (κ2) is 4.09. The van der Waals surface area contributed by atoms with Gasteiger partial charge < -0.3 is 5.73 Å². The molecular weight excluding hydrogens is 180 g/mol. The predicted molar refractivity (Wildman–Crippen MR) is 57.0 cm³/mol. The highest BCUT2D eigenvalue weighted by atomic mass is 32.1. The molecule has 0 saturated heterocycles. The summed E-state index contributed by atoms with van der Waals surface area (Å²) in [6.45, 7) is 0. The first-order valence-corrected chi connectivity index (χ1v) is 5.89. The molecule has 3 heteroatoms. The Kier molecular flexibility index (Phi) is 2.83. The van der Waals surface area contributed by atoms with E-state index in [-0.39, 0.29) is 0 Å². The molecule has 1 aliphatic carbocycles. The van der Waals surface area contributed by atoms with Crippen molar-refractivity contribution < 1.29 is 0 Å². The number of thiazole rings is 1. The van der Waals surface area contributed by atoms with E-state index in [1.807, 2.05) is 6.20 Å². The molecule has 0 atom stereocenters. The lowest BCUT2D eigenvalue weighted by atomic mass is 9.99. The molecule has 0 bridgehead atoms. The summed E-state index contributed by atoms with van der Waals surface area (Å²) in [7, 11) is 0. The van der Waals surface area contributed by atoms with E-state index in [2.05, 4.69) is 4.98 Å². The highest BCUT2D eigenvalue weighted by molar-refractivity contribution is 7.15. The van der Waals surface area contributed by atoms with Crippen LogP contribution in [0.2, 0.25) is 0 Å². The van der Waals surface area contributed by atoms with Gasteiger partial charge in [0.25, 0.3) is 0 Å². The molecule has 1 aromatic rings. The van der Waals surface area contributed by atoms with Crippen LogP contribution in [0.4, 0.5) is 5.13 Å². The van der Waals surface area contributed by atoms with E-state index < -0.39 is 0 Å². The Morgan fingerprint density at radius 3 is 2.46 bits per heavy atom. The fraction of sp³-hybridized carbons (Fsp3) is 0.700. The molecule has 13 heavy (non-hydrogen) atoms. The first kappa shape index (κ1) is 9.00. The Balaban J connectivity index is 2.06. The fourth-order valence-corrected chi connectivity index (χ4v) is 2.91. The highest BCUT2D eigenvalue weighted by Crippen LogP contribution is 2.34. The fourth-order valence-electron chi connectivity index (χ4n) is 2.05. The van der Waals surface area contributed by atoms with E-state index in [4.69, 9.17) is 5.73 Å². The van der Waals surface area contributed by atoms with Crippen LogP contribution in [0.1, 0.15) is 49.3 Å². The van der Waals surface area contributed by atoms with Crippen molar-refractivity contribution in [1.29, 1.82) is 0 Å². The quantitative estimate of drug-likeness (QED) is 0.701. The zero-order valence-electron chi connectivity index (χ0n) is 7.83. The van der Waals surface area contributed by atoms with Gasteiger partial charge in [0.2, 0.25) is 0 Å². The summed E-state index contributed by atoms with van der Waals surface area (Å²) in [5.41, 5.74) is 5.63. The molecule has 0 unspecified atom stereocenters. The largest absolute Gasteiger partial charge is 0.375 e. The normalized spacial score (nSPS) is 20.0.